The molecule has 4 heteroatoms. The average Bonchev–Trinajstić information content (AvgIpc) is 2.47. The lowest BCUT2D eigenvalue weighted by Crippen LogP contribution is -2.36. The normalized spacial score (nSPS) is 17.3. The lowest BCUT2D eigenvalue weighted by atomic mass is 9.96. The fraction of sp³-hybridized carbons (Fsp3) is 0.706. The van der Waals surface area contributed by atoms with Crippen LogP contribution in [0.15, 0.2) is 18.3 Å². The minimum atomic E-state index is 0.863. The van der Waals surface area contributed by atoms with Crippen LogP contribution in [0.4, 0.5) is 5.69 Å². The summed E-state index contributed by atoms with van der Waals surface area (Å²) >= 11 is 0. The molecule has 118 valence electrons. The van der Waals surface area contributed by atoms with Gasteiger partial charge in [-0.05, 0) is 64.5 Å². The summed E-state index contributed by atoms with van der Waals surface area (Å²) in [6.07, 6.45) is 5.70. The van der Waals surface area contributed by atoms with Crippen molar-refractivity contribution in [2.75, 3.05) is 45.6 Å². The van der Waals surface area contributed by atoms with Crippen LogP contribution in [-0.2, 0) is 6.54 Å². The van der Waals surface area contributed by atoms with Gasteiger partial charge < -0.3 is 10.2 Å². The molecule has 0 saturated carbocycles. The minimum absolute atomic E-state index is 0.863. The molecule has 0 bridgehead atoms. The Morgan fingerprint density at radius 1 is 1.33 bits per heavy atom. The molecule has 1 N–H and O–H groups in total. The van der Waals surface area contributed by atoms with E-state index in [0.717, 1.165) is 25.4 Å². The monoisotopic (exact) mass is 290 g/mol. The van der Waals surface area contributed by atoms with Gasteiger partial charge in [-0.1, -0.05) is 6.92 Å². The average molecular weight is 290 g/mol. The molecule has 4 nitrogen and oxygen atoms in total. The molecule has 1 saturated heterocycles. The molecule has 21 heavy (non-hydrogen) atoms. The Labute approximate surface area is 129 Å². The van der Waals surface area contributed by atoms with Crippen LogP contribution in [0, 0.1) is 5.92 Å². The second kappa shape index (κ2) is 8.35. The number of hydrogen-bond acceptors (Lipinski definition) is 4. The zero-order valence-electron chi connectivity index (χ0n) is 13.8. The van der Waals surface area contributed by atoms with Gasteiger partial charge in [0.25, 0.3) is 0 Å². The molecule has 0 radical (unpaired) electrons. The van der Waals surface area contributed by atoms with E-state index >= 15 is 0 Å². The Kier molecular flexibility index (Phi) is 6.46. The number of likely N-dealkylation sites (tertiary alicyclic amines) is 1. The summed E-state index contributed by atoms with van der Waals surface area (Å²) in [5.41, 5.74) is 2.38. The van der Waals surface area contributed by atoms with E-state index in [1.807, 2.05) is 6.20 Å². The third-order valence-corrected chi connectivity index (χ3v) is 4.11. The molecule has 1 aromatic rings. The lowest BCUT2D eigenvalue weighted by Gasteiger charge is -2.33. The summed E-state index contributed by atoms with van der Waals surface area (Å²) in [6.45, 7) is 7.82. The van der Waals surface area contributed by atoms with Gasteiger partial charge in [-0.25, -0.2) is 0 Å². The van der Waals surface area contributed by atoms with E-state index in [9.17, 15) is 0 Å². The first-order valence-corrected chi connectivity index (χ1v) is 8.23. The number of nitrogens with zero attached hydrogens (tertiary/aromatic N) is 3. The van der Waals surface area contributed by atoms with E-state index in [2.05, 4.69) is 53.3 Å². The zero-order valence-corrected chi connectivity index (χ0v) is 13.8. The molecule has 2 heterocycles. The maximum Gasteiger partial charge on any atom is 0.0564 e. The maximum atomic E-state index is 4.52. The first-order chi connectivity index (χ1) is 10.2. The largest absolute Gasteiger partial charge is 0.385 e. The molecule has 0 atom stereocenters. The highest BCUT2D eigenvalue weighted by molar-refractivity contribution is 5.43. The molecule has 0 amide bonds. The van der Waals surface area contributed by atoms with Crippen LogP contribution in [-0.4, -0.2) is 55.1 Å². The SMILES string of the molecule is CCCNc1ccnc(CN2CCC(CN(C)C)CC2)c1. The van der Waals surface area contributed by atoms with Crippen LogP contribution in [0.2, 0.25) is 0 Å². The van der Waals surface area contributed by atoms with Crippen molar-refractivity contribution in [3.8, 4) is 0 Å². The topological polar surface area (TPSA) is 31.4 Å². The van der Waals surface area contributed by atoms with Crippen molar-refractivity contribution in [2.45, 2.75) is 32.7 Å². The number of piperidine rings is 1. The Hall–Kier alpha value is -1.13. The van der Waals surface area contributed by atoms with E-state index in [1.54, 1.807) is 0 Å². The van der Waals surface area contributed by atoms with Crippen molar-refractivity contribution in [1.82, 2.24) is 14.8 Å². The van der Waals surface area contributed by atoms with Crippen LogP contribution in [0.1, 0.15) is 31.9 Å². The van der Waals surface area contributed by atoms with Crippen molar-refractivity contribution < 1.29 is 0 Å². The van der Waals surface area contributed by atoms with E-state index in [-0.39, 0.29) is 0 Å². The predicted octanol–water partition coefficient (Wildman–Crippen LogP) is 2.68. The molecule has 1 fully saturated rings. The van der Waals surface area contributed by atoms with E-state index in [4.69, 9.17) is 0 Å². The first-order valence-electron chi connectivity index (χ1n) is 8.23. The molecule has 1 aliphatic rings. The van der Waals surface area contributed by atoms with Gasteiger partial charge >= 0.3 is 0 Å². The Morgan fingerprint density at radius 2 is 2.10 bits per heavy atom. The van der Waals surface area contributed by atoms with Crippen molar-refractivity contribution in [3.63, 3.8) is 0 Å². The third-order valence-electron chi connectivity index (χ3n) is 4.11. The highest BCUT2D eigenvalue weighted by atomic mass is 15.1. The number of aromatic nitrogens is 1. The van der Waals surface area contributed by atoms with Gasteiger partial charge in [0, 0.05) is 31.5 Å². The summed E-state index contributed by atoms with van der Waals surface area (Å²) in [6, 6.07) is 4.25. The van der Waals surface area contributed by atoms with Gasteiger partial charge in [-0.3, -0.25) is 9.88 Å². The number of hydrogen-bond donors (Lipinski definition) is 1. The maximum absolute atomic E-state index is 4.52. The molecular weight excluding hydrogens is 260 g/mol. The first kappa shape index (κ1) is 16.2. The quantitative estimate of drug-likeness (QED) is 0.836. The second-order valence-electron chi connectivity index (χ2n) is 6.44. The van der Waals surface area contributed by atoms with Gasteiger partial charge in [-0.2, -0.15) is 0 Å². The predicted molar refractivity (Wildman–Crippen MR) is 89.6 cm³/mol. The van der Waals surface area contributed by atoms with E-state index < -0.39 is 0 Å². The summed E-state index contributed by atoms with van der Waals surface area (Å²) in [7, 11) is 4.34. The number of pyridine rings is 1. The van der Waals surface area contributed by atoms with Gasteiger partial charge in [0.05, 0.1) is 5.69 Å². The molecule has 0 aromatic carbocycles. The highest BCUT2D eigenvalue weighted by Crippen LogP contribution is 2.19. The summed E-state index contributed by atoms with van der Waals surface area (Å²) in [5, 5.41) is 3.44. The number of rotatable bonds is 7. The second-order valence-corrected chi connectivity index (χ2v) is 6.44. The Morgan fingerprint density at radius 3 is 2.76 bits per heavy atom. The van der Waals surface area contributed by atoms with Crippen molar-refractivity contribution in [3.05, 3.63) is 24.0 Å². The highest BCUT2D eigenvalue weighted by Gasteiger charge is 2.19. The molecule has 1 aliphatic heterocycles. The summed E-state index contributed by atoms with van der Waals surface area (Å²) in [4.78, 5) is 9.37. The minimum Gasteiger partial charge on any atom is -0.385 e. The van der Waals surface area contributed by atoms with E-state index in [0.29, 0.717) is 0 Å². The van der Waals surface area contributed by atoms with Crippen LogP contribution < -0.4 is 5.32 Å². The van der Waals surface area contributed by atoms with E-state index in [1.165, 1.54) is 43.9 Å². The molecule has 0 spiro atoms. The Balaban J connectivity index is 1.80. The van der Waals surface area contributed by atoms with Crippen LogP contribution in [0.25, 0.3) is 0 Å². The molecular formula is C17H30N4. The van der Waals surface area contributed by atoms with Crippen LogP contribution >= 0.6 is 0 Å². The van der Waals surface area contributed by atoms with Gasteiger partial charge in [0.15, 0.2) is 0 Å². The fourth-order valence-corrected chi connectivity index (χ4v) is 3.02. The van der Waals surface area contributed by atoms with Crippen LogP contribution in [0.3, 0.4) is 0 Å². The third kappa shape index (κ3) is 5.64. The summed E-state index contributed by atoms with van der Waals surface area (Å²) in [5.74, 6) is 0.863. The Bertz CT molecular complexity index is 411. The van der Waals surface area contributed by atoms with Crippen molar-refractivity contribution >= 4 is 5.69 Å². The molecule has 1 aromatic heterocycles. The lowest BCUT2D eigenvalue weighted by molar-refractivity contribution is 0.155. The smallest absolute Gasteiger partial charge is 0.0564 e. The van der Waals surface area contributed by atoms with Gasteiger partial charge in [0.2, 0.25) is 0 Å². The van der Waals surface area contributed by atoms with Crippen LogP contribution in [0.5, 0.6) is 0 Å². The molecule has 0 unspecified atom stereocenters. The van der Waals surface area contributed by atoms with Gasteiger partial charge in [-0.15, -0.1) is 0 Å². The number of anilines is 1. The fourth-order valence-electron chi connectivity index (χ4n) is 3.02. The van der Waals surface area contributed by atoms with Crippen molar-refractivity contribution in [2.24, 2.45) is 5.92 Å². The summed E-state index contributed by atoms with van der Waals surface area (Å²) < 4.78 is 0. The molecule has 0 aliphatic carbocycles. The standard InChI is InChI=1S/C17H30N4/c1-4-8-18-16-5-9-19-17(12-16)14-21-10-6-15(7-11-21)13-20(2)3/h5,9,12,15H,4,6-8,10-11,13-14H2,1-3H3,(H,18,19). The zero-order chi connectivity index (χ0) is 15.1. The van der Waals surface area contributed by atoms with Gasteiger partial charge in [0.1, 0.15) is 0 Å². The number of nitrogens with one attached hydrogen (secondary N) is 1. The molecule has 2 rings (SSSR count). The van der Waals surface area contributed by atoms with Crippen molar-refractivity contribution in [1.29, 1.82) is 0 Å².